The van der Waals surface area contributed by atoms with Crippen LogP contribution in [0.5, 0.6) is 0 Å². The lowest BCUT2D eigenvalue weighted by molar-refractivity contribution is -0.120. The molecule has 0 spiro atoms. The van der Waals surface area contributed by atoms with Gasteiger partial charge in [0.15, 0.2) is 0 Å². The first kappa shape index (κ1) is 16.4. The van der Waals surface area contributed by atoms with Crippen molar-refractivity contribution in [3.05, 3.63) is 81.8 Å². The van der Waals surface area contributed by atoms with Crippen molar-refractivity contribution in [3.63, 3.8) is 0 Å². The molecule has 120 valence electrons. The molecule has 1 amide bonds. The molecule has 0 saturated carbocycles. The summed E-state index contributed by atoms with van der Waals surface area (Å²) < 4.78 is 1.03. The maximum atomic E-state index is 12.1. The molecule has 0 aromatic heterocycles. The molecule has 3 rings (SSSR count). The minimum absolute atomic E-state index is 0.133. The van der Waals surface area contributed by atoms with Crippen molar-refractivity contribution in [3.8, 4) is 0 Å². The maximum absolute atomic E-state index is 12.1. The van der Waals surface area contributed by atoms with Crippen LogP contribution in [-0.2, 0) is 11.2 Å². The highest BCUT2D eigenvalue weighted by atomic mass is 79.9. The van der Waals surface area contributed by atoms with Crippen molar-refractivity contribution in [2.45, 2.75) is 13.3 Å². The number of fused-ring (bicyclic) bond motifs is 1. The number of carbonyl (C=O) groups is 1. The van der Waals surface area contributed by atoms with E-state index in [2.05, 4.69) is 26.5 Å². The van der Waals surface area contributed by atoms with Crippen molar-refractivity contribution in [2.24, 2.45) is 5.10 Å². The molecule has 3 aromatic carbocycles. The van der Waals surface area contributed by atoms with Gasteiger partial charge in [-0.05, 0) is 34.9 Å². The van der Waals surface area contributed by atoms with Gasteiger partial charge in [0, 0.05) is 4.47 Å². The van der Waals surface area contributed by atoms with Crippen LogP contribution in [-0.4, -0.2) is 12.1 Å². The van der Waals surface area contributed by atoms with E-state index < -0.39 is 0 Å². The van der Waals surface area contributed by atoms with Crippen molar-refractivity contribution >= 4 is 38.8 Å². The highest BCUT2D eigenvalue weighted by Gasteiger charge is 2.08. The molecule has 3 nitrogen and oxygen atoms in total. The number of nitrogens with one attached hydrogen (secondary N) is 1. The number of carbonyl (C=O) groups excluding carboxylic acids is 1. The zero-order valence-corrected chi connectivity index (χ0v) is 14.9. The number of rotatable bonds is 4. The number of amides is 1. The molecule has 24 heavy (non-hydrogen) atoms. The second kappa shape index (κ2) is 7.41. The third kappa shape index (κ3) is 3.89. The van der Waals surface area contributed by atoms with Gasteiger partial charge in [-0.2, -0.15) is 5.10 Å². The summed E-state index contributed by atoms with van der Waals surface area (Å²) in [4.78, 5) is 12.1. The van der Waals surface area contributed by atoms with Gasteiger partial charge in [0.1, 0.15) is 0 Å². The third-order valence-corrected chi connectivity index (χ3v) is 4.48. The highest BCUT2D eigenvalue weighted by Crippen LogP contribution is 2.27. The first-order chi connectivity index (χ1) is 11.6. The fourth-order valence-electron chi connectivity index (χ4n) is 2.52. The number of halogens is 1. The minimum atomic E-state index is -0.133. The summed E-state index contributed by atoms with van der Waals surface area (Å²) in [6.07, 6.45) is 1.94. The molecule has 3 aromatic rings. The van der Waals surface area contributed by atoms with Gasteiger partial charge in [0.2, 0.25) is 5.91 Å². The zero-order valence-electron chi connectivity index (χ0n) is 13.3. The summed E-state index contributed by atoms with van der Waals surface area (Å²) in [7, 11) is 0. The quantitative estimate of drug-likeness (QED) is 0.521. The average Bonchev–Trinajstić information content (AvgIpc) is 2.59. The molecule has 0 radical (unpaired) electrons. The van der Waals surface area contributed by atoms with Gasteiger partial charge >= 0.3 is 0 Å². The first-order valence-corrected chi connectivity index (χ1v) is 8.47. The van der Waals surface area contributed by atoms with E-state index in [4.69, 9.17) is 0 Å². The molecule has 0 fully saturated rings. The second-order valence-corrected chi connectivity index (χ2v) is 6.49. The van der Waals surface area contributed by atoms with Crippen LogP contribution < -0.4 is 5.43 Å². The van der Waals surface area contributed by atoms with Crippen LogP contribution in [0.4, 0.5) is 0 Å². The summed E-state index contributed by atoms with van der Waals surface area (Å²) in [6.45, 7) is 2.03. The summed E-state index contributed by atoms with van der Waals surface area (Å²) in [6, 6.07) is 19.9. The van der Waals surface area contributed by atoms with Gasteiger partial charge < -0.3 is 0 Å². The average molecular weight is 381 g/mol. The Hall–Kier alpha value is -2.46. The predicted molar refractivity (Wildman–Crippen MR) is 102 cm³/mol. The van der Waals surface area contributed by atoms with Gasteiger partial charge in [-0.15, -0.1) is 0 Å². The molecular weight excluding hydrogens is 364 g/mol. The lowest BCUT2D eigenvalue weighted by atomic mass is 10.0. The Morgan fingerprint density at radius 3 is 2.50 bits per heavy atom. The summed E-state index contributed by atoms with van der Waals surface area (Å²) >= 11 is 3.55. The molecule has 0 aliphatic carbocycles. The normalized spacial score (nSPS) is 11.1. The molecule has 0 saturated heterocycles. The Morgan fingerprint density at radius 2 is 1.75 bits per heavy atom. The van der Waals surface area contributed by atoms with Crippen LogP contribution in [0, 0.1) is 6.92 Å². The fraction of sp³-hybridized carbons (Fsp3) is 0.100. The number of benzene rings is 3. The predicted octanol–water partition coefficient (Wildman–Crippen LogP) is 4.60. The van der Waals surface area contributed by atoms with Crippen LogP contribution in [0.25, 0.3) is 10.8 Å². The Morgan fingerprint density at radius 1 is 1.04 bits per heavy atom. The molecule has 0 atom stereocenters. The monoisotopic (exact) mass is 380 g/mol. The maximum Gasteiger partial charge on any atom is 0.244 e. The van der Waals surface area contributed by atoms with Gasteiger partial charge in [0.25, 0.3) is 0 Å². The standard InChI is InChI=1S/C20H17BrN2O/c1-14-6-8-15(9-7-14)13-22-23-20(24)12-16-10-11-19(21)18-5-3-2-4-17(16)18/h2-11,13H,12H2,1H3,(H,23,24)/b22-13-. The van der Waals surface area contributed by atoms with Crippen molar-refractivity contribution < 1.29 is 4.79 Å². The molecule has 0 aliphatic rings. The van der Waals surface area contributed by atoms with Gasteiger partial charge in [-0.1, -0.05) is 76.1 Å². The molecule has 4 heteroatoms. The lowest BCUT2D eigenvalue weighted by Crippen LogP contribution is -2.19. The topological polar surface area (TPSA) is 41.5 Å². The number of hydrazone groups is 1. The van der Waals surface area contributed by atoms with Crippen LogP contribution in [0.3, 0.4) is 0 Å². The number of nitrogens with zero attached hydrogens (tertiary/aromatic N) is 1. The number of hydrogen-bond donors (Lipinski definition) is 1. The minimum Gasteiger partial charge on any atom is -0.273 e. The molecule has 0 heterocycles. The van der Waals surface area contributed by atoms with Gasteiger partial charge in [0.05, 0.1) is 12.6 Å². The SMILES string of the molecule is Cc1ccc(/C=N\NC(=O)Cc2ccc(Br)c3ccccc23)cc1. The Balaban J connectivity index is 1.69. The zero-order chi connectivity index (χ0) is 16.9. The van der Waals surface area contributed by atoms with E-state index >= 15 is 0 Å². The number of aryl methyl sites for hydroxylation is 1. The van der Waals surface area contributed by atoms with E-state index in [0.29, 0.717) is 6.42 Å². The van der Waals surface area contributed by atoms with Gasteiger partial charge in [-0.3, -0.25) is 4.79 Å². The molecule has 0 unspecified atom stereocenters. The van der Waals surface area contributed by atoms with Gasteiger partial charge in [-0.25, -0.2) is 5.43 Å². The summed E-state index contributed by atoms with van der Waals surface area (Å²) in [5.74, 6) is -0.133. The van der Waals surface area contributed by atoms with E-state index in [1.807, 2.05) is 67.6 Å². The van der Waals surface area contributed by atoms with Crippen LogP contribution in [0.15, 0.2) is 70.2 Å². The largest absolute Gasteiger partial charge is 0.273 e. The van der Waals surface area contributed by atoms with Crippen molar-refractivity contribution in [1.82, 2.24) is 5.43 Å². The van der Waals surface area contributed by atoms with E-state index in [1.54, 1.807) is 6.21 Å². The number of hydrogen-bond acceptors (Lipinski definition) is 2. The van der Waals surface area contributed by atoms with E-state index in [9.17, 15) is 4.79 Å². The Kier molecular flexibility index (Phi) is 5.06. The molecule has 0 aliphatic heterocycles. The van der Waals surface area contributed by atoms with Crippen LogP contribution in [0.1, 0.15) is 16.7 Å². The van der Waals surface area contributed by atoms with Crippen LogP contribution in [0.2, 0.25) is 0 Å². The highest BCUT2D eigenvalue weighted by molar-refractivity contribution is 9.10. The second-order valence-electron chi connectivity index (χ2n) is 5.63. The Labute approximate surface area is 149 Å². The van der Waals surface area contributed by atoms with E-state index in [1.165, 1.54) is 5.56 Å². The molecule has 1 N–H and O–H groups in total. The Bertz CT molecular complexity index is 901. The fourth-order valence-corrected chi connectivity index (χ4v) is 3.00. The third-order valence-electron chi connectivity index (χ3n) is 3.79. The summed E-state index contributed by atoms with van der Waals surface area (Å²) in [5.41, 5.74) is 5.72. The summed E-state index contributed by atoms with van der Waals surface area (Å²) in [5, 5.41) is 6.21. The first-order valence-electron chi connectivity index (χ1n) is 7.68. The van der Waals surface area contributed by atoms with E-state index in [-0.39, 0.29) is 5.91 Å². The van der Waals surface area contributed by atoms with E-state index in [0.717, 1.165) is 26.4 Å². The van der Waals surface area contributed by atoms with Crippen molar-refractivity contribution in [1.29, 1.82) is 0 Å². The molecule has 0 bridgehead atoms. The lowest BCUT2D eigenvalue weighted by Gasteiger charge is -2.07. The molecular formula is C20H17BrN2O. The van der Waals surface area contributed by atoms with Crippen molar-refractivity contribution in [2.75, 3.05) is 0 Å². The smallest absolute Gasteiger partial charge is 0.244 e. The van der Waals surface area contributed by atoms with Crippen LogP contribution >= 0.6 is 15.9 Å².